The zero-order valence-corrected chi connectivity index (χ0v) is 18.0. The minimum Gasteiger partial charge on any atom is -0.426 e. The molecule has 0 aromatic heterocycles. The average Bonchev–Trinajstić information content (AvgIpc) is 2.63. The molecule has 1 saturated heterocycles. The highest BCUT2D eigenvalue weighted by Crippen LogP contribution is 2.33. The van der Waals surface area contributed by atoms with Gasteiger partial charge in [-0.25, -0.2) is 0 Å². The summed E-state index contributed by atoms with van der Waals surface area (Å²) in [5.74, 6) is -1.37. The van der Waals surface area contributed by atoms with Crippen LogP contribution in [0.2, 0.25) is 0 Å². The molecular weight excluding hydrogens is 476 g/mol. The third-order valence-electron chi connectivity index (χ3n) is 3.78. The van der Waals surface area contributed by atoms with E-state index in [-0.39, 0.29) is 17.3 Å². The van der Waals surface area contributed by atoms with Gasteiger partial charge in [0.25, 0.3) is 5.78 Å². The fourth-order valence-electron chi connectivity index (χ4n) is 2.57. The van der Waals surface area contributed by atoms with E-state index in [1.165, 1.54) is 0 Å². The van der Waals surface area contributed by atoms with Gasteiger partial charge in [0.2, 0.25) is 0 Å². The number of hydrogen-bond donors (Lipinski definition) is 0. The number of Topliss-reactive ketones (excluding diaryl/α,β-unsaturated/α-hetero) is 1. The lowest BCUT2D eigenvalue weighted by atomic mass is 10.1. The summed E-state index contributed by atoms with van der Waals surface area (Å²) in [5.41, 5.74) is 1.68. The van der Waals surface area contributed by atoms with Crippen LogP contribution in [0.5, 0.6) is 0 Å². The van der Waals surface area contributed by atoms with E-state index < -0.39 is 5.97 Å². The van der Waals surface area contributed by atoms with Crippen molar-refractivity contribution in [1.82, 2.24) is 0 Å². The summed E-state index contributed by atoms with van der Waals surface area (Å²) in [7, 11) is 0. The Hall–Kier alpha value is -1.89. The molecule has 0 spiro atoms. The maximum absolute atomic E-state index is 12.9. The molecule has 1 fully saturated rings. The van der Waals surface area contributed by atoms with Crippen molar-refractivity contribution in [2.24, 2.45) is 0 Å². The molecule has 3 rings (SSSR count). The topological polar surface area (TPSA) is 44.8 Å². The number of halogens is 2. The monoisotopic (exact) mass is 492 g/mol. The zero-order valence-electron chi connectivity index (χ0n) is 14.9. The molecule has 0 saturated carbocycles. The van der Waals surface area contributed by atoms with Gasteiger partial charge in [-0.2, -0.15) is 0 Å². The summed E-state index contributed by atoms with van der Waals surface area (Å²) >= 11 is 6.80. The highest BCUT2D eigenvalue weighted by Gasteiger charge is 2.41. The fraction of sp³-hybridized carbons (Fsp3) is 0.190. The average molecular weight is 494 g/mol. The summed E-state index contributed by atoms with van der Waals surface area (Å²) < 4.78 is 19.0. The summed E-state index contributed by atoms with van der Waals surface area (Å²) in [6.45, 7) is 3.86. The second-order valence-corrected chi connectivity index (χ2v) is 7.78. The minimum absolute atomic E-state index is 0.169. The molecule has 2 aromatic rings. The first-order chi connectivity index (χ1) is 12.9. The highest BCUT2D eigenvalue weighted by atomic mass is 79.9. The molecule has 1 aliphatic rings. The van der Waals surface area contributed by atoms with Crippen LogP contribution in [-0.2, 0) is 19.0 Å². The van der Waals surface area contributed by atoms with Gasteiger partial charge in [0.05, 0.1) is 6.61 Å². The molecular formula is C21H18Br2O4. The second-order valence-electron chi connectivity index (χ2n) is 5.95. The van der Waals surface area contributed by atoms with E-state index in [1.807, 2.05) is 55.5 Å². The molecule has 0 unspecified atom stereocenters. The van der Waals surface area contributed by atoms with Crippen LogP contribution in [0.4, 0.5) is 0 Å². The number of ketones is 1. The van der Waals surface area contributed by atoms with Crippen LogP contribution in [0.1, 0.15) is 25.0 Å². The lowest BCUT2D eigenvalue weighted by molar-refractivity contribution is -0.343. The molecule has 1 heterocycles. The molecule has 1 aliphatic heterocycles. The van der Waals surface area contributed by atoms with Gasteiger partial charge in [-0.1, -0.05) is 56.1 Å². The predicted octanol–water partition coefficient (Wildman–Crippen LogP) is 5.92. The number of carbonyl (C=O) groups excluding carboxylic acids is 1. The van der Waals surface area contributed by atoms with E-state index in [2.05, 4.69) is 31.9 Å². The van der Waals surface area contributed by atoms with Crippen LogP contribution in [0.3, 0.4) is 0 Å². The number of rotatable bonds is 4. The lowest BCUT2D eigenvalue weighted by Crippen LogP contribution is -2.42. The molecule has 0 radical (unpaired) electrons. The largest absolute Gasteiger partial charge is 0.426 e. The van der Waals surface area contributed by atoms with Crippen molar-refractivity contribution in [1.29, 1.82) is 0 Å². The molecule has 2 aromatic carbocycles. The van der Waals surface area contributed by atoms with Gasteiger partial charge in [-0.15, -0.1) is 0 Å². The zero-order chi connectivity index (χ0) is 19.4. The maximum atomic E-state index is 12.9. The second kappa shape index (κ2) is 8.42. The van der Waals surface area contributed by atoms with Gasteiger partial charge in [-0.3, -0.25) is 4.79 Å². The van der Waals surface area contributed by atoms with Crippen molar-refractivity contribution in [3.8, 4) is 0 Å². The van der Waals surface area contributed by atoms with Gasteiger partial charge in [0, 0.05) is 15.9 Å². The predicted molar refractivity (Wildman–Crippen MR) is 111 cm³/mol. The van der Waals surface area contributed by atoms with Gasteiger partial charge >= 0.3 is 5.97 Å². The van der Waals surface area contributed by atoms with Gasteiger partial charge in [0.1, 0.15) is 0 Å². The van der Waals surface area contributed by atoms with E-state index in [9.17, 15) is 4.79 Å². The van der Waals surface area contributed by atoms with Gasteiger partial charge in [-0.05, 0) is 54.5 Å². The summed E-state index contributed by atoms with van der Waals surface area (Å²) in [6.07, 6.45) is 3.37. The Morgan fingerprint density at radius 3 is 1.67 bits per heavy atom. The summed E-state index contributed by atoms with van der Waals surface area (Å²) in [5, 5.41) is 0. The maximum Gasteiger partial charge on any atom is 0.368 e. The number of ether oxygens (including phenoxy) is 3. The quantitative estimate of drug-likeness (QED) is 0.496. The van der Waals surface area contributed by atoms with Crippen molar-refractivity contribution < 1.29 is 19.0 Å². The van der Waals surface area contributed by atoms with Crippen LogP contribution < -0.4 is 0 Å². The lowest BCUT2D eigenvalue weighted by Gasteiger charge is -2.35. The molecule has 0 bridgehead atoms. The molecule has 6 heteroatoms. The van der Waals surface area contributed by atoms with E-state index in [4.69, 9.17) is 14.2 Å². The molecule has 27 heavy (non-hydrogen) atoms. The fourth-order valence-corrected chi connectivity index (χ4v) is 3.09. The first-order valence-corrected chi connectivity index (χ1v) is 9.98. The summed E-state index contributed by atoms with van der Waals surface area (Å²) in [6, 6.07) is 15.2. The smallest absolute Gasteiger partial charge is 0.368 e. The Balaban J connectivity index is 1.99. The van der Waals surface area contributed by atoms with E-state index in [0.717, 1.165) is 20.1 Å². The molecule has 140 valence electrons. The van der Waals surface area contributed by atoms with Crippen LogP contribution in [0.15, 0.2) is 69.0 Å². The Kier molecular flexibility index (Phi) is 6.19. The summed E-state index contributed by atoms with van der Waals surface area (Å²) in [4.78, 5) is 12.9. The van der Waals surface area contributed by atoms with E-state index >= 15 is 0 Å². The van der Waals surface area contributed by atoms with Crippen LogP contribution in [0.25, 0.3) is 12.2 Å². The number of hydrogen-bond acceptors (Lipinski definition) is 4. The van der Waals surface area contributed by atoms with Crippen molar-refractivity contribution in [3.05, 3.63) is 80.1 Å². The van der Waals surface area contributed by atoms with Crippen LogP contribution >= 0.6 is 31.9 Å². The Labute approximate surface area is 175 Å². The number of carbonyl (C=O) groups is 1. The van der Waals surface area contributed by atoms with Gasteiger partial charge in [0.15, 0.2) is 11.5 Å². The molecule has 0 aliphatic carbocycles. The third kappa shape index (κ3) is 5.09. The van der Waals surface area contributed by atoms with E-state index in [1.54, 1.807) is 19.1 Å². The minimum atomic E-state index is -1.37. The number of benzene rings is 2. The SMILES string of the molecule is CCOC1(C)O/C(=C\c2ccc(Br)cc2)C(=O)/C(=C/c2ccc(Br)cc2)O1. The van der Waals surface area contributed by atoms with Gasteiger partial charge < -0.3 is 14.2 Å². The van der Waals surface area contributed by atoms with Crippen LogP contribution in [0, 0.1) is 0 Å². The molecule has 4 nitrogen and oxygen atoms in total. The Bertz CT molecular complexity index is 816. The first kappa shape index (κ1) is 19.9. The normalized spacial score (nSPS) is 22.6. The van der Waals surface area contributed by atoms with Crippen molar-refractivity contribution in [3.63, 3.8) is 0 Å². The Morgan fingerprint density at radius 1 is 0.889 bits per heavy atom. The third-order valence-corrected chi connectivity index (χ3v) is 4.84. The molecule has 0 N–H and O–H groups in total. The van der Waals surface area contributed by atoms with Crippen molar-refractivity contribution >= 4 is 49.8 Å². The standard InChI is InChI=1S/C21H18Br2O4/c1-3-25-21(2)26-18(12-14-4-8-16(22)9-5-14)20(24)19(27-21)13-15-6-10-17(23)11-7-15/h4-13H,3H2,1-2H3/b18-12-,19-13-. The van der Waals surface area contributed by atoms with Crippen LogP contribution in [-0.4, -0.2) is 18.4 Å². The molecule has 0 atom stereocenters. The molecule has 0 amide bonds. The first-order valence-electron chi connectivity index (χ1n) is 8.40. The van der Waals surface area contributed by atoms with Crippen molar-refractivity contribution in [2.75, 3.05) is 6.61 Å². The highest BCUT2D eigenvalue weighted by molar-refractivity contribution is 9.10. The van der Waals surface area contributed by atoms with E-state index in [0.29, 0.717) is 6.61 Å². The Morgan fingerprint density at radius 2 is 1.30 bits per heavy atom. The van der Waals surface area contributed by atoms with Crippen molar-refractivity contribution in [2.45, 2.75) is 19.8 Å².